The van der Waals surface area contributed by atoms with Crippen LogP contribution in [-0.2, 0) is 0 Å². The van der Waals surface area contributed by atoms with Crippen molar-refractivity contribution < 1.29 is 9.47 Å². The van der Waals surface area contributed by atoms with Gasteiger partial charge in [-0.3, -0.25) is 0 Å². The second-order valence-corrected chi connectivity index (χ2v) is 7.74. The Balaban J connectivity index is 1.63. The zero-order valence-corrected chi connectivity index (χ0v) is 17.7. The number of ether oxygens (including phenoxy) is 2. The third kappa shape index (κ3) is 4.89. The predicted octanol–water partition coefficient (Wildman–Crippen LogP) is 4.73. The molecule has 1 saturated heterocycles. The van der Waals surface area contributed by atoms with Crippen LogP contribution in [-0.4, -0.2) is 36.2 Å². The number of nitrogens with zero attached hydrogens (tertiary/aromatic N) is 2. The summed E-state index contributed by atoms with van der Waals surface area (Å²) in [5, 5.41) is 6.96. The highest BCUT2D eigenvalue weighted by molar-refractivity contribution is 5.62. The second-order valence-electron chi connectivity index (χ2n) is 7.74. The lowest BCUT2D eigenvalue weighted by atomic mass is 10.1. The fourth-order valence-electron chi connectivity index (χ4n) is 3.73. The molecule has 2 N–H and O–H groups in total. The van der Waals surface area contributed by atoms with Gasteiger partial charge >= 0.3 is 0 Å². The molecule has 2 aromatic carbocycles. The molecular formula is C24H28N4O2. The minimum Gasteiger partial charge on any atom is -0.497 e. The summed E-state index contributed by atoms with van der Waals surface area (Å²) < 4.78 is 11.4. The smallest absolute Gasteiger partial charge is 0.246 e. The van der Waals surface area contributed by atoms with Gasteiger partial charge in [-0.1, -0.05) is 17.2 Å². The Morgan fingerprint density at radius 3 is 2.47 bits per heavy atom. The first-order chi connectivity index (χ1) is 14.6. The molecular weight excluding hydrogens is 376 g/mol. The van der Waals surface area contributed by atoms with Gasteiger partial charge in [0.25, 0.3) is 0 Å². The van der Waals surface area contributed by atoms with E-state index in [1.807, 2.05) is 30.5 Å². The van der Waals surface area contributed by atoms with Crippen LogP contribution in [0.15, 0.2) is 48.7 Å². The van der Waals surface area contributed by atoms with Crippen molar-refractivity contribution in [3.63, 3.8) is 0 Å². The number of aryl methyl sites for hydroxylation is 2. The lowest BCUT2D eigenvalue weighted by Gasteiger charge is -2.16. The van der Waals surface area contributed by atoms with E-state index in [0.29, 0.717) is 23.5 Å². The van der Waals surface area contributed by atoms with Crippen molar-refractivity contribution >= 4 is 5.69 Å². The standard InChI is InChI=1S/C24H28N4O2/c1-16-11-17(2)13-18(12-16)23-27-15-22(26-14-19-5-4-10-25-19)24(28-23)30-21-8-6-20(29-3)7-9-21/h6-9,11-13,15,19,25-26H,4-5,10,14H2,1-3H3/t19-/m0/s1. The maximum atomic E-state index is 6.16. The van der Waals surface area contributed by atoms with Crippen LogP contribution < -0.4 is 20.1 Å². The zero-order chi connectivity index (χ0) is 20.9. The minimum atomic E-state index is 0.456. The SMILES string of the molecule is COc1ccc(Oc2nc(-c3cc(C)cc(C)c3)ncc2NC[C@@H]2CCCN2)cc1. The number of nitrogens with one attached hydrogen (secondary N) is 2. The molecule has 0 unspecified atom stereocenters. The molecule has 30 heavy (non-hydrogen) atoms. The van der Waals surface area contributed by atoms with E-state index in [1.165, 1.54) is 24.0 Å². The predicted molar refractivity (Wildman–Crippen MR) is 120 cm³/mol. The highest BCUT2D eigenvalue weighted by Gasteiger charge is 2.16. The molecule has 156 valence electrons. The molecule has 1 fully saturated rings. The van der Waals surface area contributed by atoms with Crippen LogP contribution in [0.4, 0.5) is 5.69 Å². The van der Waals surface area contributed by atoms with Gasteiger partial charge in [0.15, 0.2) is 5.82 Å². The van der Waals surface area contributed by atoms with E-state index in [4.69, 9.17) is 14.5 Å². The van der Waals surface area contributed by atoms with Crippen molar-refractivity contribution in [1.29, 1.82) is 0 Å². The Bertz CT molecular complexity index is 978. The topological polar surface area (TPSA) is 68.3 Å². The number of anilines is 1. The van der Waals surface area contributed by atoms with Crippen molar-refractivity contribution in [2.75, 3.05) is 25.5 Å². The summed E-state index contributed by atoms with van der Waals surface area (Å²) in [6.45, 7) is 6.04. The van der Waals surface area contributed by atoms with E-state index in [-0.39, 0.29) is 0 Å². The highest BCUT2D eigenvalue weighted by atomic mass is 16.5. The summed E-state index contributed by atoms with van der Waals surface area (Å²) in [6, 6.07) is 14.3. The number of hydrogen-bond acceptors (Lipinski definition) is 6. The lowest BCUT2D eigenvalue weighted by molar-refractivity contribution is 0.412. The quantitative estimate of drug-likeness (QED) is 0.594. The van der Waals surface area contributed by atoms with Crippen molar-refractivity contribution in [3.8, 4) is 28.8 Å². The molecule has 0 saturated carbocycles. The Hall–Kier alpha value is -3.12. The summed E-state index contributed by atoms with van der Waals surface area (Å²) >= 11 is 0. The summed E-state index contributed by atoms with van der Waals surface area (Å²) in [5.74, 6) is 2.65. The summed E-state index contributed by atoms with van der Waals surface area (Å²) in [6.07, 6.45) is 4.20. The maximum Gasteiger partial charge on any atom is 0.246 e. The number of hydrogen-bond donors (Lipinski definition) is 2. The van der Waals surface area contributed by atoms with Gasteiger partial charge in [0.1, 0.15) is 17.2 Å². The van der Waals surface area contributed by atoms with Gasteiger partial charge in [-0.25, -0.2) is 4.98 Å². The van der Waals surface area contributed by atoms with Gasteiger partial charge in [-0.2, -0.15) is 4.98 Å². The molecule has 4 rings (SSSR count). The Morgan fingerprint density at radius 2 is 1.80 bits per heavy atom. The van der Waals surface area contributed by atoms with Crippen molar-refractivity contribution in [2.24, 2.45) is 0 Å². The monoisotopic (exact) mass is 404 g/mol. The summed E-state index contributed by atoms with van der Waals surface area (Å²) in [5.41, 5.74) is 4.13. The number of methoxy groups -OCH3 is 1. The van der Waals surface area contributed by atoms with Gasteiger partial charge in [0.05, 0.1) is 13.3 Å². The normalized spacial score (nSPS) is 15.8. The highest BCUT2D eigenvalue weighted by Crippen LogP contribution is 2.31. The van der Waals surface area contributed by atoms with Gasteiger partial charge in [0, 0.05) is 18.2 Å². The van der Waals surface area contributed by atoms with Gasteiger partial charge in [-0.15, -0.1) is 0 Å². The van der Waals surface area contributed by atoms with Crippen LogP contribution in [0.3, 0.4) is 0 Å². The van der Waals surface area contributed by atoms with E-state index < -0.39 is 0 Å². The second kappa shape index (κ2) is 9.13. The van der Waals surface area contributed by atoms with E-state index in [9.17, 15) is 0 Å². The molecule has 1 aliphatic heterocycles. The Morgan fingerprint density at radius 1 is 1.07 bits per heavy atom. The first-order valence-electron chi connectivity index (χ1n) is 10.4. The third-order valence-corrected chi connectivity index (χ3v) is 5.21. The maximum absolute atomic E-state index is 6.16. The minimum absolute atomic E-state index is 0.456. The number of aromatic nitrogens is 2. The van der Waals surface area contributed by atoms with Crippen molar-refractivity contribution in [1.82, 2.24) is 15.3 Å². The van der Waals surface area contributed by atoms with Gasteiger partial charge in [-0.05, 0) is 69.6 Å². The molecule has 1 aromatic heterocycles. The van der Waals surface area contributed by atoms with E-state index in [2.05, 4.69) is 47.7 Å². The number of benzene rings is 2. The summed E-state index contributed by atoms with van der Waals surface area (Å²) in [4.78, 5) is 9.37. The zero-order valence-electron chi connectivity index (χ0n) is 17.7. The molecule has 6 heteroatoms. The molecule has 1 aliphatic rings. The third-order valence-electron chi connectivity index (χ3n) is 5.21. The van der Waals surface area contributed by atoms with Crippen LogP contribution in [0.25, 0.3) is 11.4 Å². The van der Waals surface area contributed by atoms with Crippen LogP contribution in [0, 0.1) is 13.8 Å². The van der Waals surface area contributed by atoms with E-state index in [0.717, 1.165) is 30.1 Å². The molecule has 1 atom stereocenters. The van der Waals surface area contributed by atoms with Crippen molar-refractivity contribution in [2.45, 2.75) is 32.7 Å². The van der Waals surface area contributed by atoms with Gasteiger partial charge < -0.3 is 20.1 Å². The van der Waals surface area contributed by atoms with Crippen molar-refractivity contribution in [3.05, 3.63) is 59.8 Å². The number of rotatable bonds is 7. The van der Waals surface area contributed by atoms with E-state index in [1.54, 1.807) is 7.11 Å². The van der Waals surface area contributed by atoms with Crippen LogP contribution in [0.1, 0.15) is 24.0 Å². The molecule has 3 aromatic rings. The largest absolute Gasteiger partial charge is 0.497 e. The molecule has 6 nitrogen and oxygen atoms in total. The fraction of sp³-hybridized carbons (Fsp3) is 0.333. The molecule has 0 spiro atoms. The molecule has 2 heterocycles. The average molecular weight is 405 g/mol. The summed E-state index contributed by atoms with van der Waals surface area (Å²) in [7, 11) is 1.65. The van der Waals surface area contributed by atoms with E-state index >= 15 is 0 Å². The molecule has 0 aliphatic carbocycles. The molecule has 0 radical (unpaired) electrons. The average Bonchev–Trinajstić information content (AvgIpc) is 3.26. The van der Waals surface area contributed by atoms with Crippen LogP contribution in [0.2, 0.25) is 0 Å². The van der Waals surface area contributed by atoms with Gasteiger partial charge in [0.2, 0.25) is 5.88 Å². The lowest BCUT2D eigenvalue weighted by Crippen LogP contribution is -2.29. The Kier molecular flexibility index (Phi) is 6.14. The first kappa shape index (κ1) is 20.2. The fourth-order valence-corrected chi connectivity index (χ4v) is 3.73. The first-order valence-corrected chi connectivity index (χ1v) is 10.4. The van der Waals surface area contributed by atoms with Crippen LogP contribution in [0.5, 0.6) is 17.4 Å². The van der Waals surface area contributed by atoms with Crippen LogP contribution >= 0.6 is 0 Å². The molecule has 0 amide bonds. The Labute approximate surface area is 177 Å². The molecule has 0 bridgehead atoms.